The van der Waals surface area contributed by atoms with Crippen molar-refractivity contribution in [2.45, 2.75) is 6.42 Å². The zero-order valence-corrected chi connectivity index (χ0v) is 12.1. The Balaban J connectivity index is 1.62. The van der Waals surface area contributed by atoms with E-state index in [-0.39, 0.29) is 11.7 Å². The highest BCUT2D eigenvalue weighted by molar-refractivity contribution is 5.98. The van der Waals surface area contributed by atoms with Gasteiger partial charge >= 0.3 is 0 Å². The lowest BCUT2D eigenvalue weighted by molar-refractivity contribution is 0.0954. The molecule has 3 rings (SSSR count). The highest BCUT2D eigenvalue weighted by Gasteiger charge is 2.05. The van der Waals surface area contributed by atoms with Gasteiger partial charge in [0.15, 0.2) is 0 Å². The lowest BCUT2D eigenvalue weighted by Gasteiger charge is -2.06. The first-order valence-corrected chi connectivity index (χ1v) is 7.24. The van der Waals surface area contributed by atoms with Crippen molar-refractivity contribution in [3.05, 3.63) is 83.7 Å². The largest absolute Gasteiger partial charge is 0.352 e. The van der Waals surface area contributed by atoms with Crippen molar-refractivity contribution >= 4 is 16.7 Å². The van der Waals surface area contributed by atoms with Crippen LogP contribution in [0.1, 0.15) is 15.9 Å². The Morgan fingerprint density at radius 1 is 0.909 bits per heavy atom. The summed E-state index contributed by atoms with van der Waals surface area (Å²) in [6, 6.07) is 19.9. The first kappa shape index (κ1) is 14.3. The molecule has 0 saturated heterocycles. The Kier molecular flexibility index (Phi) is 4.15. The summed E-state index contributed by atoms with van der Waals surface area (Å²) >= 11 is 0. The number of fused-ring (bicyclic) bond motifs is 1. The lowest BCUT2D eigenvalue weighted by Crippen LogP contribution is -2.25. The lowest BCUT2D eigenvalue weighted by atomic mass is 10.1. The van der Waals surface area contributed by atoms with Crippen LogP contribution in [0.4, 0.5) is 4.39 Å². The van der Waals surface area contributed by atoms with Crippen LogP contribution >= 0.6 is 0 Å². The molecule has 3 aromatic carbocycles. The van der Waals surface area contributed by atoms with Crippen LogP contribution in [0.2, 0.25) is 0 Å². The Bertz CT molecular complexity index is 796. The minimum absolute atomic E-state index is 0.0899. The van der Waals surface area contributed by atoms with Gasteiger partial charge in [0, 0.05) is 12.1 Å². The van der Waals surface area contributed by atoms with Gasteiger partial charge in [0.1, 0.15) is 5.82 Å². The SMILES string of the molecule is O=C(NCCc1ccc(F)cc1)c1ccc2ccccc2c1. The molecule has 0 bridgehead atoms. The van der Waals surface area contributed by atoms with Crippen LogP contribution in [-0.2, 0) is 6.42 Å². The third-order valence-electron chi connectivity index (χ3n) is 3.62. The van der Waals surface area contributed by atoms with E-state index in [0.29, 0.717) is 18.5 Å². The fourth-order valence-corrected chi connectivity index (χ4v) is 2.40. The number of rotatable bonds is 4. The maximum Gasteiger partial charge on any atom is 0.251 e. The minimum atomic E-state index is -0.246. The van der Waals surface area contributed by atoms with E-state index in [1.54, 1.807) is 12.1 Å². The Morgan fingerprint density at radius 3 is 2.41 bits per heavy atom. The number of amides is 1. The topological polar surface area (TPSA) is 29.1 Å². The molecular weight excluding hydrogens is 277 g/mol. The molecule has 0 heterocycles. The number of nitrogens with one attached hydrogen (secondary N) is 1. The monoisotopic (exact) mass is 293 g/mol. The summed E-state index contributed by atoms with van der Waals surface area (Å²) < 4.78 is 12.8. The van der Waals surface area contributed by atoms with Gasteiger partial charge in [-0.15, -0.1) is 0 Å². The number of carbonyl (C=O) groups is 1. The molecule has 0 spiro atoms. The predicted octanol–water partition coefficient (Wildman–Crippen LogP) is 3.95. The van der Waals surface area contributed by atoms with Gasteiger partial charge in [-0.05, 0) is 47.0 Å². The highest BCUT2D eigenvalue weighted by Crippen LogP contribution is 2.15. The zero-order chi connectivity index (χ0) is 15.4. The molecule has 0 aliphatic carbocycles. The Labute approximate surface area is 128 Å². The molecular formula is C19H16FNO. The second-order valence-corrected chi connectivity index (χ2v) is 5.19. The van der Waals surface area contributed by atoms with Crippen molar-refractivity contribution < 1.29 is 9.18 Å². The van der Waals surface area contributed by atoms with Crippen molar-refractivity contribution in [2.75, 3.05) is 6.54 Å². The molecule has 0 radical (unpaired) electrons. The summed E-state index contributed by atoms with van der Waals surface area (Å²) in [5.41, 5.74) is 1.65. The van der Waals surface area contributed by atoms with E-state index in [4.69, 9.17) is 0 Å². The molecule has 0 saturated carbocycles. The molecule has 22 heavy (non-hydrogen) atoms. The predicted molar refractivity (Wildman–Crippen MR) is 86.4 cm³/mol. The average Bonchev–Trinajstić information content (AvgIpc) is 2.56. The molecule has 0 aliphatic heterocycles. The van der Waals surface area contributed by atoms with E-state index in [0.717, 1.165) is 16.3 Å². The van der Waals surface area contributed by atoms with Crippen molar-refractivity contribution in [2.24, 2.45) is 0 Å². The van der Waals surface area contributed by atoms with Crippen LogP contribution in [-0.4, -0.2) is 12.5 Å². The van der Waals surface area contributed by atoms with Gasteiger partial charge in [-0.25, -0.2) is 4.39 Å². The van der Waals surface area contributed by atoms with Crippen LogP contribution < -0.4 is 5.32 Å². The van der Waals surface area contributed by atoms with E-state index >= 15 is 0 Å². The maximum absolute atomic E-state index is 12.8. The minimum Gasteiger partial charge on any atom is -0.352 e. The number of hydrogen-bond acceptors (Lipinski definition) is 1. The number of halogens is 1. The summed E-state index contributed by atoms with van der Waals surface area (Å²) in [7, 11) is 0. The molecule has 110 valence electrons. The normalized spacial score (nSPS) is 10.6. The second kappa shape index (κ2) is 6.39. The standard InChI is InChI=1S/C19H16FNO/c20-18-9-5-14(6-10-18)11-12-21-19(22)17-8-7-15-3-1-2-4-16(15)13-17/h1-10,13H,11-12H2,(H,21,22). The van der Waals surface area contributed by atoms with Crippen LogP contribution in [0.3, 0.4) is 0 Å². The van der Waals surface area contributed by atoms with Crippen LogP contribution in [0.25, 0.3) is 10.8 Å². The number of carbonyl (C=O) groups excluding carboxylic acids is 1. The fourth-order valence-electron chi connectivity index (χ4n) is 2.40. The quantitative estimate of drug-likeness (QED) is 0.775. The molecule has 0 fully saturated rings. The molecule has 0 unspecified atom stereocenters. The first-order chi connectivity index (χ1) is 10.7. The maximum atomic E-state index is 12.8. The van der Waals surface area contributed by atoms with Crippen molar-refractivity contribution in [1.29, 1.82) is 0 Å². The van der Waals surface area contributed by atoms with Crippen molar-refractivity contribution in [3.8, 4) is 0 Å². The summed E-state index contributed by atoms with van der Waals surface area (Å²) in [5, 5.41) is 5.06. The fraction of sp³-hybridized carbons (Fsp3) is 0.105. The van der Waals surface area contributed by atoms with Gasteiger partial charge in [0.25, 0.3) is 5.91 Å². The Hall–Kier alpha value is -2.68. The van der Waals surface area contributed by atoms with E-state index in [1.807, 2.05) is 42.5 Å². The van der Waals surface area contributed by atoms with E-state index in [9.17, 15) is 9.18 Å². The van der Waals surface area contributed by atoms with E-state index in [1.165, 1.54) is 12.1 Å². The van der Waals surface area contributed by atoms with Gasteiger partial charge < -0.3 is 5.32 Å². The van der Waals surface area contributed by atoms with E-state index in [2.05, 4.69) is 5.32 Å². The third-order valence-corrected chi connectivity index (χ3v) is 3.62. The van der Waals surface area contributed by atoms with E-state index < -0.39 is 0 Å². The van der Waals surface area contributed by atoms with Gasteiger partial charge in [-0.2, -0.15) is 0 Å². The first-order valence-electron chi connectivity index (χ1n) is 7.24. The van der Waals surface area contributed by atoms with Gasteiger partial charge in [-0.3, -0.25) is 4.79 Å². The summed E-state index contributed by atoms with van der Waals surface area (Å²) in [5.74, 6) is -0.336. The number of benzene rings is 3. The molecule has 1 N–H and O–H groups in total. The second-order valence-electron chi connectivity index (χ2n) is 5.19. The van der Waals surface area contributed by atoms with Crippen LogP contribution in [0, 0.1) is 5.82 Å². The van der Waals surface area contributed by atoms with Crippen molar-refractivity contribution in [1.82, 2.24) is 5.32 Å². The summed E-state index contributed by atoms with van der Waals surface area (Å²) in [6.45, 7) is 0.525. The Morgan fingerprint density at radius 2 is 1.64 bits per heavy atom. The zero-order valence-electron chi connectivity index (χ0n) is 12.1. The molecule has 0 aromatic heterocycles. The van der Waals surface area contributed by atoms with Crippen molar-refractivity contribution in [3.63, 3.8) is 0 Å². The molecule has 3 heteroatoms. The summed E-state index contributed by atoms with van der Waals surface area (Å²) in [6.07, 6.45) is 0.680. The number of hydrogen-bond donors (Lipinski definition) is 1. The van der Waals surface area contributed by atoms with Crippen LogP contribution in [0.15, 0.2) is 66.7 Å². The smallest absolute Gasteiger partial charge is 0.251 e. The van der Waals surface area contributed by atoms with Gasteiger partial charge in [0.2, 0.25) is 0 Å². The average molecular weight is 293 g/mol. The molecule has 3 aromatic rings. The molecule has 0 atom stereocenters. The molecule has 1 amide bonds. The van der Waals surface area contributed by atoms with Crippen LogP contribution in [0.5, 0.6) is 0 Å². The summed E-state index contributed by atoms with van der Waals surface area (Å²) in [4.78, 5) is 12.2. The highest BCUT2D eigenvalue weighted by atomic mass is 19.1. The molecule has 0 aliphatic rings. The third kappa shape index (κ3) is 3.31. The van der Waals surface area contributed by atoms with Gasteiger partial charge in [-0.1, -0.05) is 42.5 Å². The molecule has 2 nitrogen and oxygen atoms in total. The van der Waals surface area contributed by atoms with Gasteiger partial charge in [0.05, 0.1) is 0 Å².